The van der Waals surface area contributed by atoms with E-state index >= 15 is 0 Å². The zero-order chi connectivity index (χ0) is 16.1. The lowest BCUT2D eigenvalue weighted by Gasteiger charge is -2.32. The molecule has 1 aromatic carbocycles. The van der Waals surface area contributed by atoms with Gasteiger partial charge in [-0.2, -0.15) is 0 Å². The average molecular weight is 375 g/mol. The van der Waals surface area contributed by atoms with Crippen LogP contribution in [-0.2, 0) is 0 Å². The van der Waals surface area contributed by atoms with Gasteiger partial charge in [0.15, 0.2) is 0 Å². The third-order valence-corrected chi connectivity index (χ3v) is 4.67. The van der Waals surface area contributed by atoms with Crippen molar-refractivity contribution in [2.24, 2.45) is 5.92 Å². The molecule has 1 aromatic heterocycles. The van der Waals surface area contributed by atoms with E-state index in [-0.39, 0.29) is 5.91 Å². The minimum atomic E-state index is -0.00569. The number of anilines is 1. The zero-order valence-electron chi connectivity index (χ0n) is 12.8. The van der Waals surface area contributed by atoms with Crippen LogP contribution in [0.2, 0.25) is 0 Å². The molecule has 23 heavy (non-hydrogen) atoms. The number of benzene rings is 1. The molecular weight excluding hydrogens is 356 g/mol. The summed E-state index contributed by atoms with van der Waals surface area (Å²) in [5.74, 6) is 1.45. The topological polar surface area (TPSA) is 58.1 Å². The van der Waals surface area contributed by atoms with Gasteiger partial charge in [0.1, 0.15) is 5.82 Å². The Morgan fingerprint density at radius 1 is 1.22 bits per heavy atom. The standard InChI is InChI=1S/C17H19BrN4O/c18-15-3-1-14(2-4-15)17(23)21-11-13-5-9-22(10-6-13)16-12-19-7-8-20-16/h1-4,7-8,12-13H,5-6,9-11H2,(H,21,23). The Kier molecular flexibility index (Phi) is 5.23. The van der Waals surface area contributed by atoms with E-state index in [0.717, 1.165) is 42.8 Å². The molecule has 6 heteroatoms. The van der Waals surface area contributed by atoms with E-state index in [1.807, 2.05) is 24.3 Å². The first-order valence-corrected chi connectivity index (χ1v) is 8.56. The molecule has 120 valence electrons. The fourth-order valence-electron chi connectivity index (χ4n) is 2.76. The Balaban J connectivity index is 1.46. The van der Waals surface area contributed by atoms with Crippen LogP contribution in [0.4, 0.5) is 5.82 Å². The zero-order valence-corrected chi connectivity index (χ0v) is 14.4. The summed E-state index contributed by atoms with van der Waals surface area (Å²) in [4.78, 5) is 22.8. The van der Waals surface area contributed by atoms with Crippen molar-refractivity contribution >= 4 is 27.7 Å². The molecule has 5 nitrogen and oxygen atoms in total. The van der Waals surface area contributed by atoms with Crippen LogP contribution < -0.4 is 10.2 Å². The largest absolute Gasteiger partial charge is 0.355 e. The first-order chi connectivity index (χ1) is 11.2. The molecule has 2 aromatic rings. The maximum Gasteiger partial charge on any atom is 0.251 e. The minimum absolute atomic E-state index is 0.00569. The molecule has 1 aliphatic heterocycles. The number of piperidine rings is 1. The van der Waals surface area contributed by atoms with Gasteiger partial charge in [0.2, 0.25) is 0 Å². The summed E-state index contributed by atoms with van der Waals surface area (Å²) in [7, 11) is 0. The van der Waals surface area contributed by atoms with Crippen LogP contribution in [0, 0.1) is 5.92 Å². The predicted molar refractivity (Wildman–Crippen MR) is 93.4 cm³/mol. The van der Waals surface area contributed by atoms with E-state index in [4.69, 9.17) is 0 Å². The molecule has 1 fully saturated rings. The fourth-order valence-corrected chi connectivity index (χ4v) is 3.03. The summed E-state index contributed by atoms with van der Waals surface area (Å²) in [5.41, 5.74) is 0.699. The number of hydrogen-bond donors (Lipinski definition) is 1. The number of carbonyl (C=O) groups excluding carboxylic acids is 1. The summed E-state index contributed by atoms with van der Waals surface area (Å²) in [5, 5.41) is 3.04. The van der Waals surface area contributed by atoms with Crippen LogP contribution in [0.1, 0.15) is 23.2 Å². The van der Waals surface area contributed by atoms with E-state index in [2.05, 4.69) is 36.1 Å². The Bertz CT molecular complexity index is 639. The fraction of sp³-hybridized carbons (Fsp3) is 0.353. The molecule has 0 aliphatic carbocycles. The molecule has 1 amide bonds. The molecule has 3 rings (SSSR count). The molecule has 1 saturated heterocycles. The molecule has 0 saturated carbocycles. The summed E-state index contributed by atoms with van der Waals surface area (Å²) in [6.45, 7) is 2.64. The second kappa shape index (κ2) is 7.55. The molecule has 1 N–H and O–H groups in total. The quantitative estimate of drug-likeness (QED) is 0.893. The van der Waals surface area contributed by atoms with Gasteiger partial charge in [0, 0.05) is 42.1 Å². The lowest BCUT2D eigenvalue weighted by molar-refractivity contribution is 0.0945. The highest BCUT2D eigenvalue weighted by atomic mass is 79.9. The molecule has 0 bridgehead atoms. The number of aromatic nitrogens is 2. The van der Waals surface area contributed by atoms with Crippen LogP contribution >= 0.6 is 15.9 Å². The minimum Gasteiger partial charge on any atom is -0.355 e. The van der Waals surface area contributed by atoms with Gasteiger partial charge in [0.25, 0.3) is 5.91 Å². The summed E-state index contributed by atoms with van der Waals surface area (Å²) in [6, 6.07) is 7.43. The lowest BCUT2D eigenvalue weighted by Crippen LogP contribution is -2.39. The highest BCUT2D eigenvalue weighted by molar-refractivity contribution is 9.10. The number of hydrogen-bond acceptors (Lipinski definition) is 4. The Morgan fingerprint density at radius 3 is 2.61 bits per heavy atom. The third-order valence-electron chi connectivity index (χ3n) is 4.15. The molecular formula is C17H19BrN4O. The third kappa shape index (κ3) is 4.28. The summed E-state index contributed by atoms with van der Waals surface area (Å²) in [6.07, 6.45) is 7.32. The van der Waals surface area contributed by atoms with Gasteiger partial charge in [-0.05, 0) is 43.0 Å². The van der Waals surface area contributed by atoms with Crippen molar-refractivity contribution in [3.63, 3.8) is 0 Å². The molecule has 1 aliphatic rings. The molecule has 2 heterocycles. The van der Waals surface area contributed by atoms with Crippen molar-refractivity contribution in [1.82, 2.24) is 15.3 Å². The second-order valence-electron chi connectivity index (χ2n) is 5.71. The Hall–Kier alpha value is -1.95. The molecule has 0 unspecified atom stereocenters. The van der Waals surface area contributed by atoms with Crippen molar-refractivity contribution in [3.8, 4) is 0 Å². The smallest absolute Gasteiger partial charge is 0.251 e. The summed E-state index contributed by atoms with van der Waals surface area (Å²) < 4.78 is 0.977. The number of carbonyl (C=O) groups is 1. The summed E-state index contributed by atoms with van der Waals surface area (Å²) >= 11 is 3.38. The van der Waals surface area contributed by atoms with E-state index in [9.17, 15) is 4.79 Å². The SMILES string of the molecule is O=C(NCC1CCN(c2cnccn2)CC1)c1ccc(Br)cc1. The second-order valence-corrected chi connectivity index (χ2v) is 6.63. The molecule has 0 atom stereocenters. The molecule has 0 spiro atoms. The maximum absolute atomic E-state index is 12.1. The predicted octanol–water partition coefficient (Wildman–Crippen LogP) is 2.89. The number of halogens is 1. The van der Waals surface area contributed by atoms with E-state index < -0.39 is 0 Å². The van der Waals surface area contributed by atoms with Crippen LogP contribution in [-0.4, -0.2) is 35.5 Å². The first kappa shape index (κ1) is 15.9. The maximum atomic E-state index is 12.1. The number of nitrogens with zero attached hydrogens (tertiary/aromatic N) is 3. The van der Waals surface area contributed by atoms with Crippen molar-refractivity contribution < 1.29 is 4.79 Å². The Labute approximate surface area is 144 Å². The average Bonchev–Trinajstić information content (AvgIpc) is 2.61. The molecule has 0 radical (unpaired) electrons. The number of rotatable bonds is 4. The monoisotopic (exact) mass is 374 g/mol. The van der Waals surface area contributed by atoms with Crippen LogP contribution in [0.25, 0.3) is 0 Å². The van der Waals surface area contributed by atoms with E-state index in [1.165, 1.54) is 0 Å². The van der Waals surface area contributed by atoms with E-state index in [0.29, 0.717) is 11.5 Å². The van der Waals surface area contributed by atoms with Gasteiger partial charge in [-0.1, -0.05) is 15.9 Å². The van der Waals surface area contributed by atoms with Gasteiger partial charge < -0.3 is 10.2 Å². The van der Waals surface area contributed by atoms with Gasteiger partial charge in [-0.15, -0.1) is 0 Å². The van der Waals surface area contributed by atoms with Gasteiger partial charge >= 0.3 is 0 Å². The van der Waals surface area contributed by atoms with E-state index in [1.54, 1.807) is 18.6 Å². The highest BCUT2D eigenvalue weighted by Crippen LogP contribution is 2.20. The van der Waals surface area contributed by atoms with Crippen LogP contribution in [0.15, 0.2) is 47.3 Å². The van der Waals surface area contributed by atoms with Crippen molar-refractivity contribution in [3.05, 3.63) is 52.9 Å². The Morgan fingerprint density at radius 2 is 1.96 bits per heavy atom. The normalized spacial score (nSPS) is 15.4. The number of nitrogens with one attached hydrogen (secondary N) is 1. The van der Waals surface area contributed by atoms with Gasteiger partial charge in [0.05, 0.1) is 6.20 Å². The van der Waals surface area contributed by atoms with Gasteiger partial charge in [-0.25, -0.2) is 4.98 Å². The number of amides is 1. The first-order valence-electron chi connectivity index (χ1n) is 7.77. The van der Waals surface area contributed by atoms with Gasteiger partial charge in [-0.3, -0.25) is 9.78 Å². The van der Waals surface area contributed by atoms with Crippen molar-refractivity contribution in [2.45, 2.75) is 12.8 Å². The van der Waals surface area contributed by atoms with Crippen molar-refractivity contribution in [2.75, 3.05) is 24.5 Å². The van der Waals surface area contributed by atoms with Crippen LogP contribution in [0.5, 0.6) is 0 Å². The highest BCUT2D eigenvalue weighted by Gasteiger charge is 2.20. The van der Waals surface area contributed by atoms with Crippen molar-refractivity contribution in [1.29, 1.82) is 0 Å². The van der Waals surface area contributed by atoms with Crippen LogP contribution in [0.3, 0.4) is 0 Å². The lowest BCUT2D eigenvalue weighted by atomic mass is 9.96.